The Balaban J connectivity index is 1.75. The molecular formula is C18H28N2O5S2. The van der Waals surface area contributed by atoms with E-state index in [1.807, 2.05) is 13.8 Å². The van der Waals surface area contributed by atoms with Gasteiger partial charge in [-0.25, -0.2) is 21.6 Å². The number of benzene rings is 1. The monoisotopic (exact) mass is 416 g/mol. The van der Waals surface area contributed by atoms with Crippen molar-refractivity contribution < 1.29 is 21.6 Å². The van der Waals surface area contributed by atoms with E-state index in [-0.39, 0.29) is 34.5 Å². The van der Waals surface area contributed by atoms with Crippen LogP contribution in [0.25, 0.3) is 0 Å². The molecule has 0 bridgehead atoms. The predicted octanol–water partition coefficient (Wildman–Crippen LogP) is 2.10. The van der Waals surface area contributed by atoms with E-state index in [1.54, 1.807) is 4.31 Å². The van der Waals surface area contributed by atoms with Gasteiger partial charge in [0.05, 0.1) is 15.9 Å². The molecule has 0 saturated carbocycles. The normalized spacial score (nSPS) is 27.7. The Morgan fingerprint density at radius 3 is 2.11 bits per heavy atom. The van der Waals surface area contributed by atoms with E-state index >= 15 is 0 Å². The van der Waals surface area contributed by atoms with Gasteiger partial charge in [-0.3, -0.25) is 0 Å². The molecular weight excluding hydrogens is 388 g/mol. The van der Waals surface area contributed by atoms with E-state index in [1.165, 1.54) is 24.3 Å². The van der Waals surface area contributed by atoms with Crippen molar-refractivity contribution in [2.24, 2.45) is 0 Å². The summed E-state index contributed by atoms with van der Waals surface area (Å²) in [4.78, 5) is 0.181. The lowest BCUT2D eigenvalue weighted by Gasteiger charge is -2.37. The summed E-state index contributed by atoms with van der Waals surface area (Å²) in [6, 6.07) is 5.34. The van der Waals surface area contributed by atoms with Crippen molar-refractivity contribution >= 4 is 20.0 Å². The maximum atomic E-state index is 13.0. The third-order valence-electron chi connectivity index (χ3n) is 5.35. The number of sulfonamides is 2. The summed E-state index contributed by atoms with van der Waals surface area (Å²) in [5, 5.41) is 0. The van der Waals surface area contributed by atoms with Gasteiger partial charge in [0.25, 0.3) is 0 Å². The molecule has 2 saturated heterocycles. The standard InChI is InChI=1S/C18H28N2O5S2/c1-14-5-3-6-15(2)20(14)27(23,24)18-10-8-17(9-11-18)26(21,22)19-13-16-7-4-12-25-16/h8-11,14-16,19H,3-7,12-13H2,1-2H3/t14-,15+,16-/m1/s1. The fraction of sp³-hybridized carbons (Fsp3) is 0.667. The molecule has 1 aromatic rings. The highest BCUT2D eigenvalue weighted by atomic mass is 32.2. The quantitative estimate of drug-likeness (QED) is 0.767. The van der Waals surface area contributed by atoms with Crippen LogP contribution in [0.3, 0.4) is 0 Å². The zero-order chi connectivity index (χ0) is 19.7. The van der Waals surface area contributed by atoms with E-state index in [9.17, 15) is 16.8 Å². The molecule has 0 spiro atoms. The average Bonchev–Trinajstić information content (AvgIpc) is 3.13. The molecule has 3 rings (SSSR count). The van der Waals surface area contributed by atoms with Crippen LogP contribution in [-0.2, 0) is 24.8 Å². The van der Waals surface area contributed by atoms with Crippen molar-refractivity contribution in [3.05, 3.63) is 24.3 Å². The Kier molecular flexibility index (Phi) is 6.27. The summed E-state index contributed by atoms with van der Waals surface area (Å²) < 4.78 is 60.4. The molecule has 2 aliphatic rings. The Morgan fingerprint density at radius 1 is 0.963 bits per heavy atom. The van der Waals surface area contributed by atoms with E-state index in [2.05, 4.69) is 4.72 Å². The molecule has 2 heterocycles. The van der Waals surface area contributed by atoms with Gasteiger partial charge in [-0.15, -0.1) is 0 Å². The first-order valence-electron chi connectivity index (χ1n) is 9.47. The van der Waals surface area contributed by atoms with E-state index in [4.69, 9.17) is 4.74 Å². The van der Waals surface area contributed by atoms with Crippen LogP contribution in [0.15, 0.2) is 34.1 Å². The molecule has 0 aliphatic carbocycles. The second-order valence-corrected chi connectivity index (χ2v) is 11.0. The highest BCUT2D eigenvalue weighted by molar-refractivity contribution is 7.89. The van der Waals surface area contributed by atoms with Crippen molar-refractivity contribution in [1.82, 2.24) is 9.03 Å². The molecule has 2 aliphatic heterocycles. The number of rotatable bonds is 6. The number of hydrogen-bond acceptors (Lipinski definition) is 5. The number of hydrogen-bond donors (Lipinski definition) is 1. The molecule has 0 aromatic heterocycles. The highest BCUT2D eigenvalue weighted by Gasteiger charge is 2.35. The smallest absolute Gasteiger partial charge is 0.243 e. The van der Waals surface area contributed by atoms with Crippen molar-refractivity contribution in [3.8, 4) is 0 Å². The zero-order valence-electron chi connectivity index (χ0n) is 15.8. The fourth-order valence-corrected chi connectivity index (χ4v) is 6.82. The summed E-state index contributed by atoms with van der Waals surface area (Å²) in [5.41, 5.74) is 0. The van der Waals surface area contributed by atoms with Gasteiger partial charge in [-0.05, 0) is 63.8 Å². The van der Waals surface area contributed by atoms with Crippen LogP contribution in [-0.4, -0.2) is 52.5 Å². The third-order valence-corrected chi connectivity index (χ3v) is 8.93. The summed E-state index contributed by atoms with van der Waals surface area (Å²) in [7, 11) is -7.34. The van der Waals surface area contributed by atoms with Gasteiger partial charge in [0.15, 0.2) is 0 Å². The van der Waals surface area contributed by atoms with E-state index in [0.717, 1.165) is 32.1 Å². The summed E-state index contributed by atoms with van der Waals surface area (Å²) in [6.07, 6.45) is 4.37. The highest BCUT2D eigenvalue weighted by Crippen LogP contribution is 2.29. The van der Waals surface area contributed by atoms with Crippen molar-refractivity contribution in [1.29, 1.82) is 0 Å². The number of nitrogens with one attached hydrogen (secondary N) is 1. The van der Waals surface area contributed by atoms with Gasteiger partial charge in [0, 0.05) is 25.2 Å². The number of nitrogens with zero attached hydrogens (tertiary/aromatic N) is 1. The summed E-state index contributed by atoms with van der Waals surface area (Å²) in [5.74, 6) is 0. The minimum Gasteiger partial charge on any atom is -0.377 e. The molecule has 152 valence electrons. The van der Waals surface area contributed by atoms with Gasteiger partial charge < -0.3 is 4.74 Å². The SMILES string of the molecule is C[C@@H]1CCC[C@H](C)N1S(=O)(=O)c1ccc(S(=O)(=O)NC[C@H]2CCCO2)cc1. The topological polar surface area (TPSA) is 92.8 Å². The zero-order valence-corrected chi connectivity index (χ0v) is 17.4. The Hall–Kier alpha value is -1.00. The number of piperidine rings is 1. The first-order chi connectivity index (χ1) is 12.7. The molecule has 1 N–H and O–H groups in total. The van der Waals surface area contributed by atoms with Crippen LogP contribution >= 0.6 is 0 Å². The van der Waals surface area contributed by atoms with Gasteiger partial charge >= 0.3 is 0 Å². The van der Waals surface area contributed by atoms with Crippen LogP contribution in [0.5, 0.6) is 0 Å². The third kappa shape index (κ3) is 4.54. The largest absolute Gasteiger partial charge is 0.377 e. The Morgan fingerprint density at radius 2 is 1.56 bits per heavy atom. The van der Waals surface area contributed by atoms with Crippen LogP contribution in [0, 0.1) is 0 Å². The van der Waals surface area contributed by atoms with Gasteiger partial charge in [-0.2, -0.15) is 4.31 Å². The molecule has 0 unspecified atom stereocenters. The van der Waals surface area contributed by atoms with Crippen LogP contribution in [0.4, 0.5) is 0 Å². The van der Waals surface area contributed by atoms with Crippen LogP contribution in [0.2, 0.25) is 0 Å². The van der Waals surface area contributed by atoms with Crippen molar-refractivity contribution in [2.75, 3.05) is 13.2 Å². The Bertz CT molecular complexity index is 836. The van der Waals surface area contributed by atoms with E-state index in [0.29, 0.717) is 6.61 Å². The minimum atomic E-state index is -3.69. The van der Waals surface area contributed by atoms with Gasteiger partial charge in [0.1, 0.15) is 0 Å². The second-order valence-electron chi connectivity index (χ2n) is 7.42. The molecule has 0 amide bonds. The molecule has 9 heteroatoms. The van der Waals surface area contributed by atoms with Crippen LogP contribution < -0.4 is 4.72 Å². The molecule has 0 radical (unpaired) electrons. The second kappa shape index (κ2) is 8.16. The summed E-state index contributed by atoms with van der Waals surface area (Å²) in [6.45, 7) is 4.72. The predicted molar refractivity (Wildman–Crippen MR) is 102 cm³/mol. The lowest BCUT2D eigenvalue weighted by atomic mass is 10.0. The lowest BCUT2D eigenvalue weighted by molar-refractivity contribution is 0.114. The average molecular weight is 417 g/mol. The number of ether oxygens (including phenoxy) is 1. The van der Waals surface area contributed by atoms with Gasteiger partial charge in [-0.1, -0.05) is 6.42 Å². The minimum absolute atomic E-state index is 0.0548. The maximum absolute atomic E-state index is 13.0. The molecule has 2 fully saturated rings. The molecule has 3 atom stereocenters. The van der Waals surface area contributed by atoms with Crippen molar-refractivity contribution in [2.45, 2.75) is 73.9 Å². The van der Waals surface area contributed by atoms with Crippen LogP contribution in [0.1, 0.15) is 46.0 Å². The molecule has 1 aromatic carbocycles. The fourth-order valence-electron chi connectivity index (χ4n) is 3.88. The molecule has 27 heavy (non-hydrogen) atoms. The molecule has 7 nitrogen and oxygen atoms in total. The summed E-state index contributed by atoms with van der Waals surface area (Å²) >= 11 is 0. The first kappa shape index (κ1) is 20.7. The maximum Gasteiger partial charge on any atom is 0.243 e. The van der Waals surface area contributed by atoms with Crippen molar-refractivity contribution in [3.63, 3.8) is 0 Å². The van der Waals surface area contributed by atoms with Gasteiger partial charge in [0.2, 0.25) is 20.0 Å². The Labute approximate surface area is 162 Å². The first-order valence-corrected chi connectivity index (χ1v) is 12.4. The lowest BCUT2D eigenvalue weighted by Crippen LogP contribution is -2.47. The van der Waals surface area contributed by atoms with E-state index < -0.39 is 20.0 Å².